The largest absolute Gasteiger partial charge is 0.481 e. The lowest BCUT2D eigenvalue weighted by atomic mass is 9.81. The normalized spacial score (nSPS) is 29.3. The molecule has 1 amide bonds. The van der Waals surface area contributed by atoms with Gasteiger partial charge in [0.2, 0.25) is 5.91 Å². The van der Waals surface area contributed by atoms with Crippen molar-refractivity contribution in [2.75, 3.05) is 26.2 Å². The quantitative estimate of drug-likeness (QED) is 0.894. The monoisotopic (exact) mass is 360 g/mol. The first-order valence-electron chi connectivity index (χ1n) is 9.48. The Bertz CT molecular complexity index is 719. The average molecular weight is 360 g/mol. The van der Waals surface area contributed by atoms with Crippen LogP contribution in [0.1, 0.15) is 31.2 Å². The Morgan fingerprint density at radius 3 is 2.54 bits per heavy atom. The highest BCUT2D eigenvalue weighted by molar-refractivity contribution is 5.83. The summed E-state index contributed by atoms with van der Waals surface area (Å²) in [5, 5.41) is 9.94. The number of carboxylic acids is 1. The van der Waals surface area contributed by atoms with Crippen LogP contribution in [0.3, 0.4) is 0 Å². The van der Waals surface area contributed by atoms with Gasteiger partial charge in [-0.1, -0.05) is 31.0 Å². The first-order chi connectivity index (χ1) is 12.5. The van der Waals surface area contributed by atoms with E-state index >= 15 is 0 Å². The number of carbonyl (C=O) groups is 2. The number of benzene rings is 1. The molecule has 0 radical (unpaired) electrons. The molecule has 0 spiro atoms. The molecule has 1 aromatic carbocycles. The van der Waals surface area contributed by atoms with E-state index in [2.05, 4.69) is 4.90 Å². The summed E-state index contributed by atoms with van der Waals surface area (Å²) < 4.78 is 13.8. The standard InChI is InChI=1S/C20H25FN2O3/c21-17-8-4-1-5-14(17)9-18(24)23-11-15-10-22(16-6-2-3-7-16)12-20(15,13-23)19(25)26/h1,4-5,8,15-16H,2-3,6-7,9-13H2,(H,25,26)/t15-,20-/m0/s1. The zero-order valence-corrected chi connectivity index (χ0v) is 14.9. The predicted octanol–water partition coefficient (Wildman–Crippen LogP) is 2.16. The van der Waals surface area contributed by atoms with Crippen LogP contribution in [-0.4, -0.2) is 59.0 Å². The Morgan fingerprint density at radius 1 is 1.15 bits per heavy atom. The smallest absolute Gasteiger partial charge is 0.313 e. The van der Waals surface area contributed by atoms with Crippen LogP contribution < -0.4 is 0 Å². The topological polar surface area (TPSA) is 60.9 Å². The molecule has 0 aromatic heterocycles. The highest BCUT2D eigenvalue weighted by Gasteiger charge is 2.59. The van der Waals surface area contributed by atoms with Crippen molar-refractivity contribution < 1.29 is 19.1 Å². The van der Waals surface area contributed by atoms with Crippen LogP contribution in [-0.2, 0) is 16.0 Å². The molecule has 2 saturated heterocycles. The lowest BCUT2D eigenvalue weighted by Gasteiger charge is -2.28. The number of fused-ring (bicyclic) bond motifs is 1. The molecule has 6 heteroatoms. The lowest BCUT2D eigenvalue weighted by molar-refractivity contribution is -0.149. The van der Waals surface area contributed by atoms with Gasteiger partial charge in [-0.2, -0.15) is 0 Å². The molecule has 140 valence electrons. The van der Waals surface area contributed by atoms with Gasteiger partial charge in [-0.25, -0.2) is 4.39 Å². The Kier molecular flexibility index (Phi) is 4.47. The van der Waals surface area contributed by atoms with Gasteiger partial charge in [-0.05, 0) is 24.5 Å². The minimum absolute atomic E-state index is 0.0125. The summed E-state index contributed by atoms with van der Waals surface area (Å²) in [6.07, 6.45) is 4.73. The second kappa shape index (κ2) is 6.65. The molecule has 26 heavy (non-hydrogen) atoms. The van der Waals surface area contributed by atoms with E-state index in [-0.39, 0.29) is 30.6 Å². The van der Waals surface area contributed by atoms with E-state index < -0.39 is 11.4 Å². The van der Waals surface area contributed by atoms with Crippen molar-refractivity contribution in [2.45, 2.75) is 38.1 Å². The van der Waals surface area contributed by atoms with Gasteiger partial charge in [0, 0.05) is 38.1 Å². The number of carbonyl (C=O) groups excluding carboxylic acids is 1. The fourth-order valence-corrected chi connectivity index (χ4v) is 5.06. The third-order valence-corrected chi connectivity index (χ3v) is 6.55. The van der Waals surface area contributed by atoms with E-state index in [4.69, 9.17) is 0 Å². The van der Waals surface area contributed by atoms with Gasteiger partial charge in [-0.15, -0.1) is 0 Å². The second-order valence-electron chi connectivity index (χ2n) is 8.07. The van der Waals surface area contributed by atoms with E-state index in [0.717, 1.165) is 19.4 Å². The Labute approximate surface area is 152 Å². The van der Waals surface area contributed by atoms with Gasteiger partial charge in [0.25, 0.3) is 0 Å². The minimum Gasteiger partial charge on any atom is -0.481 e. The summed E-state index contributed by atoms with van der Waals surface area (Å²) in [6.45, 7) is 1.98. The first kappa shape index (κ1) is 17.5. The minimum atomic E-state index is -0.868. The highest BCUT2D eigenvalue weighted by atomic mass is 19.1. The van der Waals surface area contributed by atoms with Crippen LogP contribution in [0.2, 0.25) is 0 Å². The molecule has 0 bridgehead atoms. The molecule has 1 aliphatic carbocycles. The van der Waals surface area contributed by atoms with Crippen LogP contribution in [0.25, 0.3) is 0 Å². The van der Waals surface area contributed by atoms with Gasteiger partial charge >= 0.3 is 5.97 Å². The van der Waals surface area contributed by atoms with Crippen LogP contribution >= 0.6 is 0 Å². The molecule has 2 atom stereocenters. The zero-order valence-electron chi connectivity index (χ0n) is 14.9. The number of aliphatic carboxylic acids is 1. The summed E-state index contributed by atoms with van der Waals surface area (Å²) in [5.74, 6) is -1.41. The number of likely N-dealkylation sites (tertiary alicyclic amines) is 2. The molecular weight excluding hydrogens is 335 g/mol. The molecule has 2 heterocycles. The Morgan fingerprint density at radius 2 is 1.88 bits per heavy atom. The van der Waals surface area contributed by atoms with E-state index in [1.54, 1.807) is 23.1 Å². The molecule has 3 aliphatic rings. The third kappa shape index (κ3) is 2.90. The van der Waals surface area contributed by atoms with Crippen molar-refractivity contribution in [2.24, 2.45) is 11.3 Å². The zero-order chi connectivity index (χ0) is 18.3. The van der Waals surface area contributed by atoms with Crippen molar-refractivity contribution in [3.63, 3.8) is 0 Å². The van der Waals surface area contributed by atoms with Gasteiger partial charge in [0.15, 0.2) is 0 Å². The van der Waals surface area contributed by atoms with Crippen LogP contribution in [0.15, 0.2) is 24.3 Å². The number of nitrogens with zero attached hydrogens (tertiary/aromatic N) is 2. The van der Waals surface area contributed by atoms with Crippen molar-refractivity contribution in [3.05, 3.63) is 35.6 Å². The molecular formula is C20H25FN2O3. The second-order valence-corrected chi connectivity index (χ2v) is 8.07. The number of rotatable bonds is 4. The van der Waals surface area contributed by atoms with Crippen LogP contribution in [0, 0.1) is 17.2 Å². The van der Waals surface area contributed by atoms with Crippen LogP contribution in [0.4, 0.5) is 4.39 Å². The average Bonchev–Trinajstić information content (AvgIpc) is 3.30. The van der Waals surface area contributed by atoms with E-state index in [0.29, 0.717) is 24.7 Å². The lowest BCUT2D eigenvalue weighted by Crippen LogP contribution is -2.43. The fourth-order valence-electron chi connectivity index (χ4n) is 5.06. The number of carboxylic acid groups (broad SMARTS) is 1. The molecule has 2 aliphatic heterocycles. The molecule has 1 saturated carbocycles. The summed E-state index contributed by atoms with van der Waals surface area (Å²) in [7, 11) is 0. The molecule has 4 rings (SSSR count). The third-order valence-electron chi connectivity index (χ3n) is 6.55. The highest BCUT2D eigenvalue weighted by Crippen LogP contribution is 2.45. The summed E-state index contributed by atoms with van der Waals surface area (Å²) >= 11 is 0. The van der Waals surface area contributed by atoms with Crippen molar-refractivity contribution in [1.82, 2.24) is 9.80 Å². The van der Waals surface area contributed by atoms with Crippen molar-refractivity contribution >= 4 is 11.9 Å². The molecule has 1 aromatic rings. The number of hydrogen-bond donors (Lipinski definition) is 1. The maximum absolute atomic E-state index is 13.8. The Balaban J connectivity index is 1.47. The van der Waals surface area contributed by atoms with E-state index in [1.807, 2.05) is 0 Å². The SMILES string of the molecule is O=C(Cc1ccccc1F)N1C[C@@H]2CN(C3CCCC3)C[C@]2(C(=O)O)C1. The number of hydrogen-bond acceptors (Lipinski definition) is 3. The maximum Gasteiger partial charge on any atom is 0.313 e. The summed E-state index contributed by atoms with van der Waals surface area (Å²) in [4.78, 5) is 28.7. The molecule has 0 unspecified atom stereocenters. The van der Waals surface area contributed by atoms with Crippen LogP contribution in [0.5, 0.6) is 0 Å². The predicted molar refractivity (Wildman–Crippen MR) is 94.1 cm³/mol. The fraction of sp³-hybridized carbons (Fsp3) is 0.600. The van der Waals surface area contributed by atoms with Gasteiger partial charge in [0.1, 0.15) is 11.2 Å². The number of amides is 1. The van der Waals surface area contributed by atoms with Gasteiger partial charge < -0.3 is 10.0 Å². The summed E-state index contributed by atoms with van der Waals surface area (Å²) in [6, 6.07) is 6.77. The summed E-state index contributed by atoms with van der Waals surface area (Å²) in [5.41, 5.74) is -0.500. The van der Waals surface area contributed by atoms with Crippen molar-refractivity contribution in [1.29, 1.82) is 0 Å². The Hall–Kier alpha value is -1.95. The molecule has 3 fully saturated rings. The van der Waals surface area contributed by atoms with E-state index in [9.17, 15) is 19.1 Å². The maximum atomic E-state index is 13.8. The first-order valence-corrected chi connectivity index (χ1v) is 9.48. The van der Waals surface area contributed by atoms with Gasteiger partial charge in [-0.3, -0.25) is 14.5 Å². The molecule has 5 nitrogen and oxygen atoms in total. The molecule has 1 N–H and O–H groups in total. The van der Waals surface area contributed by atoms with Gasteiger partial charge in [0.05, 0.1) is 6.42 Å². The van der Waals surface area contributed by atoms with Crippen molar-refractivity contribution in [3.8, 4) is 0 Å². The number of halogens is 1. The van der Waals surface area contributed by atoms with E-state index in [1.165, 1.54) is 18.9 Å².